The molecule has 1 fully saturated rings. The van der Waals surface area contributed by atoms with Gasteiger partial charge in [-0.15, -0.1) is 5.10 Å². The molecule has 2 N–H and O–H groups in total. The number of piperidine rings is 1. The van der Waals surface area contributed by atoms with Gasteiger partial charge in [-0.3, -0.25) is 4.79 Å². The van der Waals surface area contributed by atoms with Crippen molar-refractivity contribution in [1.29, 1.82) is 0 Å². The molecule has 6 heteroatoms. The van der Waals surface area contributed by atoms with Crippen molar-refractivity contribution in [1.82, 2.24) is 14.5 Å². The highest BCUT2D eigenvalue weighted by atomic mass is 32.1. The number of amides is 1. The van der Waals surface area contributed by atoms with Gasteiger partial charge < -0.3 is 10.6 Å². The Morgan fingerprint density at radius 3 is 2.90 bits per heavy atom. The molecule has 2 heterocycles. The van der Waals surface area contributed by atoms with E-state index < -0.39 is 0 Å². The van der Waals surface area contributed by atoms with E-state index >= 15 is 0 Å². The summed E-state index contributed by atoms with van der Waals surface area (Å²) in [5, 5.41) is 4.10. The summed E-state index contributed by atoms with van der Waals surface area (Å²) in [6, 6.07) is 0.156. The second kappa shape index (κ2) is 6.63. The molecule has 1 aromatic heterocycles. The molecule has 0 aromatic carbocycles. The molecule has 112 valence electrons. The summed E-state index contributed by atoms with van der Waals surface area (Å²) >= 11 is 1.21. The number of hydrogen-bond donors (Lipinski definition) is 1. The third-order valence-corrected chi connectivity index (χ3v) is 4.92. The van der Waals surface area contributed by atoms with E-state index in [2.05, 4.69) is 16.5 Å². The van der Waals surface area contributed by atoms with Gasteiger partial charge in [-0.1, -0.05) is 31.7 Å². The first-order valence-corrected chi connectivity index (χ1v) is 8.19. The van der Waals surface area contributed by atoms with Crippen LogP contribution in [0.4, 0.5) is 0 Å². The first-order valence-electron chi connectivity index (χ1n) is 7.41. The summed E-state index contributed by atoms with van der Waals surface area (Å²) in [7, 11) is 0. The van der Waals surface area contributed by atoms with Gasteiger partial charge >= 0.3 is 0 Å². The number of aromatic nitrogens is 2. The highest BCUT2D eigenvalue weighted by molar-refractivity contribution is 7.08. The van der Waals surface area contributed by atoms with E-state index in [1.165, 1.54) is 11.5 Å². The van der Waals surface area contributed by atoms with Crippen molar-refractivity contribution < 1.29 is 4.79 Å². The zero-order chi connectivity index (χ0) is 14.7. The number of nitrogens with two attached hydrogens (primary N) is 1. The smallest absolute Gasteiger partial charge is 0.267 e. The van der Waals surface area contributed by atoms with Gasteiger partial charge in [0.1, 0.15) is 4.88 Å². The number of rotatable bonds is 4. The largest absolute Gasteiger partial charge is 0.334 e. The lowest BCUT2D eigenvalue weighted by atomic mass is 9.88. The number of likely N-dealkylation sites (tertiary alicyclic amines) is 1. The maximum atomic E-state index is 12.8. The highest BCUT2D eigenvalue weighted by Gasteiger charge is 2.33. The second-order valence-corrected chi connectivity index (χ2v) is 6.58. The monoisotopic (exact) mass is 296 g/mol. The zero-order valence-corrected chi connectivity index (χ0v) is 13.3. The van der Waals surface area contributed by atoms with Crippen LogP contribution in [0.2, 0.25) is 0 Å². The number of hydrogen-bond acceptors (Lipinski definition) is 5. The molecule has 0 spiro atoms. The molecule has 0 aliphatic carbocycles. The van der Waals surface area contributed by atoms with Crippen LogP contribution >= 0.6 is 11.5 Å². The first-order chi connectivity index (χ1) is 9.58. The number of carbonyl (C=O) groups excluding carboxylic acids is 1. The maximum absolute atomic E-state index is 12.8. The second-order valence-electron chi connectivity index (χ2n) is 5.83. The Kier molecular flexibility index (Phi) is 5.10. The molecule has 1 aliphatic heterocycles. The molecule has 2 rings (SSSR count). The molecule has 2 atom stereocenters. The lowest BCUT2D eigenvalue weighted by Crippen LogP contribution is -2.49. The van der Waals surface area contributed by atoms with Gasteiger partial charge in [-0.05, 0) is 36.2 Å². The summed E-state index contributed by atoms with van der Waals surface area (Å²) in [5.41, 5.74) is 6.69. The molecule has 20 heavy (non-hydrogen) atoms. The lowest BCUT2D eigenvalue weighted by Gasteiger charge is -2.38. The normalized spacial score (nSPS) is 23.4. The average Bonchev–Trinajstić information content (AvgIpc) is 2.95. The summed E-state index contributed by atoms with van der Waals surface area (Å²) in [6.45, 7) is 7.62. The fourth-order valence-corrected chi connectivity index (χ4v) is 3.63. The Labute approximate surface area is 124 Å². The fourth-order valence-electron chi connectivity index (χ4n) is 2.85. The minimum atomic E-state index is 0.0636. The first kappa shape index (κ1) is 15.4. The van der Waals surface area contributed by atoms with Gasteiger partial charge in [0, 0.05) is 19.1 Å². The third-order valence-electron chi connectivity index (χ3n) is 4.19. The van der Waals surface area contributed by atoms with Crippen LogP contribution in [0, 0.1) is 5.92 Å². The number of carbonyl (C=O) groups is 1. The molecule has 0 radical (unpaired) electrons. The topological polar surface area (TPSA) is 72.1 Å². The van der Waals surface area contributed by atoms with Crippen LogP contribution in [0.3, 0.4) is 0 Å². The van der Waals surface area contributed by atoms with Gasteiger partial charge in [0.15, 0.2) is 0 Å². The molecule has 0 bridgehead atoms. The predicted octanol–water partition coefficient (Wildman–Crippen LogP) is 2.25. The van der Waals surface area contributed by atoms with Crippen molar-refractivity contribution in [3.63, 3.8) is 0 Å². The van der Waals surface area contributed by atoms with E-state index in [4.69, 9.17) is 5.73 Å². The molecule has 2 unspecified atom stereocenters. The summed E-state index contributed by atoms with van der Waals surface area (Å²) in [6.07, 6.45) is 3.25. The van der Waals surface area contributed by atoms with Gasteiger partial charge in [0.25, 0.3) is 5.91 Å². The molecule has 1 aromatic rings. The Bertz CT molecular complexity index is 460. The van der Waals surface area contributed by atoms with E-state index in [1.54, 1.807) is 0 Å². The third kappa shape index (κ3) is 3.01. The van der Waals surface area contributed by atoms with Gasteiger partial charge in [-0.2, -0.15) is 0 Å². The molecule has 0 saturated carbocycles. The summed E-state index contributed by atoms with van der Waals surface area (Å²) in [5.74, 6) is 0.975. The molecule has 1 aliphatic rings. The Morgan fingerprint density at radius 2 is 2.30 bits per heavy atom. The molecular formula is C14H24N4OS. The van der Waals surface area contributed by atoms with Crippen LogP contribution in [0.5, 0.6) is 0 Å². The minimum Gasteiger partial charge on any atom is -0.334 e. The van der Waals surface area contributed by atoms with Gasteiger partial charge in [0.05, 0.1) is 5.69 Å². The van der Waals surface area contributed by atoms with Crippen molar-refractivity contribution in [2.24, 2.45) is 11.7 Å². The SMILES string of the molecule is CCC1CCN(C(=O)c2snnc2C(C)C)C(CN)C1. The zero-order valence-electron chi connectivity index (χ0n) is 12.5. The minimum absolute atomic E-state index is 0.0636. The fraction of sp³-hybridized carbons (Fsp3) is 0.786. The van der Waals surface area contributed by atoms with Crippen molar-refractivity contribution in [2.45, 2.75) is 52.0 Å². The van der Waals surface area contributed by atoms with Crippen molar-refractivity contribution in [3.8, 4) is 0 Å². The predicted molar refractivity (Wildman–Crippen MR) is 80.9 cm³/mol. The maximum Gasteiger partial charge on any atom is 0.267 e. The van der Waals surface area contributed by atoms with E-state index in [-0.39, 0.29) is 17.9 Å². The van der Waals surface area contributed by atoms with E-state index in [1.807, 2.05) is 18.7 Å². The Morgan fingerprint density at radius 1 is 1.55 bits per heavy atom. The Hall–Kier alpha value is -1.01. The van der Waals surface area contributed by atoms with Gasteiger partial charge in [-0.25, -0.2) is 0 Å². The van der Waals surface area contributed by atoms with Crippen LogP contribution in [0.1, 0.15) is 61.3 Å². The molecule has 1 amide bonds. The summed E-state index contributed by atoms with van der Waals surface area (Å²) in [4.78, 5) is 15.4. The van der Waals surface area contributed by atoms with Crippen LogP contribution in [0.25, 0.3) is 0 Å². The molecule has 1 saturated heterocycles. The molecular weight excluding hydrogens is 272 g/mol. The van der Waals surface area contributed by atoms with Crippen LogP contribution in [0.15, 0.2) is 0 Å². The average molecular weight is 296 g/mol. The van der Waals surface area contributed by atoms with Crippen molar-refractivity contribution in [3.05, 3.63) is 10.6 Å². The summed E-state index contributed by atoms with van der Waals surface area (Å²) < 4.78 is 3.95. The lowest BCUT2D eigenvalue weighted by molar-refractivity contribution is 0.0562. The van der Waals surface area contributed by atoms with Crippen LogP contribution < -0.4 is 5.73 Å². The van der Waals surface area contributed by atoms with Crippen molar-refractivity contribution >= 4 is 17.4 Å². The molecule has 5 nitrogen and oxygen atoms in total. The van der Waals surface area contributed by atoms with Gasteiger partial charge in [0.2, 0.25) is 0 Å². The Balaban J connectivity index is 2.17. The van der Waals surface area contributed by atoms with Crippen molar-refractivity contribution in [2.75, 3.05) is 13.1 Å². The standard InChI is InChI=1S/C14H24N4OS/c1-4-10-5-6-18(11(7-10)8-15)14(19)13-12(9(2)3)16-17-20-13/h9-11H,4-8,15H2,1-3H3. The van der Waals surface area contributed by atoms with E-state index in [9.17, 15) is 4.79 Å². The number of nitrogens with zero attached hydrogens (tertiary/aromatic N) is 3. The quantitative estimate of drug-likeness (QED) is 0.925. The van der Waals surface area contributed by atoms with Crippen LogP contribution in [-0.4, -0.2) is 39.5 Å². The highest BCUT2D eigenvalue weighted by Crippen LogP contribution is 2.28. The van der Waals surface area contributed by atoms with E-state index in [0.29, 0.717) is 17.3 Å². The van der Waals surface area contributed by atoms with Crippen LogP contribution in [-0.2, 0) is 0 Å². The van der Waals surface area contributed by atoms with E-state index in [0.717, 1.165) is 31.5 Å².